The number of carbonyl (C=O) groups is 1. The van der Waals surface area contributed by atoms with Crippen molar-refractivity contribution >= 4 is 5.97 Å². The molecule has 106 valence electrons. The Bertz CT molecular complexity index is 396. The number of carbonyl (C=O) groups excluding carboxylic acids is 1. The van der Waals surface area contributed by atoms with Gasteiger partial charge in [-0.25, -0.2) is 0 Å². The Morgan fingerprint density at radius 2 is 1.74 bits per heavy atom. The van der Waals surface area contributed by atoms with E-state index >= 15 is 0 Å². The molecule has 0 atom stereocenters. The quantitative estimate of drug-likeness (QED) is 0.738. The molecule has 0 fully saturated rings. The van der Waals surface area contributed by atoms with E-state index in [1.165, 1.54) is 18.2 Å². The summed E-state index contributed by atoms with van der Waals surface area (Å²) in [6, 6.07) is 8.92. The molecule has 0 aliphatic carbocycles. The summed E-state index contributed by atoms with van der Waals surface area (Å²) in [6.45, 7) is 9.65. The highest BCUT2D eigenvalue weighted by Crippen LogP contribution is 2.16. The zero-order chi connectivity index (χ0) is 14.4. The number of rotatable bonds is 6. The first kappa shape index (κ1) is 15.7. The van der Waals surface area contributed by atoms with Crippen LogP contribution < -0.4 is 0 Å². The minimum absolute atomic E-state index is 0.187. The minimum atomic E-state index is -0.187. The molecule has 0 heterocycles. The third kappa shape index (κ3) is 5.03. The number of methoxy groups -OCH3 is 1. The highest BCUT2D eigenvalue weighted by Gasteiger charge is 2.14. The van der Waals surface area contributed by atoms with Gasteiger partial charge in [-0.1, -0.05) is 38.1 Å². The molecule has 0 unspecified atom stereocenters. The SMILES string of the molecule is COC(=O)CN(Cc1ccc(C(C)C)cc1)C(C)C. The topological polar surface area (TPSA) is 29.5 Å². The molecule has 1 aromatic carbocycles. The molecule has 0 amide bonds. The fourth-order valence-electron chi connectivity index (χ4n) is 1.89. The van der Waals surface area contributed by atoms with E-state index in [0.29, 0.717) is 18.5 Å². The molecule has 0 spiro atoms. The Hall–Kier alpha value is -1.35. The van der Waals surface area contributed by atoms with Crippen LogP contribution in [-0.2, 0) is 16.1 Å². The van der Waals surface area contributed by atoms with Crippen molar-refractivity contribution in [3.8, 4) is 0 Å². The smallest absolute Gasteiger partial charge is 0.319 e. The molecule has 0 bridgehead atoms. The van der Waals surface area contributed by atoms with Crippen LogP contribution in [0.2, 0.25) is 0 Å². The highest BCUT2D eigenvalue weighted by atomic mass is 16.5. The molecule has 3 nitrogen and oxygen atoms in total. The first-order valence-electron chi connectivity index (χ1n) is 6.83. The summed E-state index contributed by atoms with van der Waals surface area (Å²) in [5.41, 5.74) is 2.56. The van der Waals surface area contributed by atoms with Crippen LogP contribution in [0.25, 0.3) is 0 Å². The van der Waals surface area contributed by atoms with Gasteiger partial charge in [0.25, 0.3) is 0 Å². The molecule has 0 saturated heterocycles. The number of hydrogen-bond acceptors (Lipinski definition) is 3. The molecule has 19 heavy (non-hydrogen) atoms. The monoisotopic (exact) mass is 263 g/mol. The summed E-state index contributed by atoms with van der Waals surface area (Å²) in [5.74, 6) is 0.359. The first-order chi connectivity index (χ1) is 8.93. The fraction of sp³-hybridized carbons (Fsp3) is 0.562. The third-order valence-electron chi connectivity index (χ3n) is 3.32. The van der Waals surface area contributed by atoms with E-state index in [4.69, 9.17) is 4.74 Å². The molecule has 0 radical (unpaired) electrons. The van der Waals surface area contributed by atoms with Crippen molar-refractivity contribution in [2.75, 3.05) is 13.7 Å². The summed E-state index contributed by atoms with van der Waals surface area (Å²) in [5, 5.41) is 0. The average molecular weight is 263 g/mol. The Balaban J connectivity index is 2.71. The summed E-state index contributed by atoms with van der Waals surface area (Å²) >= 11 is 0. The summed E-state index contributed by atoms with van der Waals surface area (Å²) in [6.07, 6.45) is 0. The summed E-state index contributed by atoms with van der Waals surface area (Å²) in [4.78, 5) is 13.5. The minimum Gasteiger partial charge on any atom is -0.468 e. The third-order valence-corrected chi connectivity index (χ3v) is 3.32. The lowest BCUT2D eigenvalue weighted by molar-refractivity contribution is -0.142. The van der Waals surface area contributed by atoms with Crippen LogP contribution in [0.3, 0.4) is 0 Å². The first-order valence-corrected chi connectivity index (χ1v) is 6.83. The average Bonchev–Trinajstić information content (AvgIpc) is 2.38. The van der Waals surface area contributed by atoms with Gasteiger partial charge in [-0.2, -0.15) is 0 Å². The second-order valence-electron chi connectivity index (χ2n) is 5.47. The molecule has 0 saturated carbocycles. The van der Waals surface area contributed by atoms with Gasteiger partial charge < -0.3 is 4.74 Å². The van der Waals surface area contributed by atoms with E-state index in [1.807, 2.05) is 0 Å². The van der Waals surface area contributed by atoms with Crippen molar-refractivity contribution in [3.63, 3.8) is 0 Å². The molecular weight excluding hydrogens is 238 g/mol. The Morgan fingerprint density at radius 1 is 1.16 bits per heavy atom. The van der Waals surface area contributed by atoms with E-state index in [2.05, 4.69) is 56.9 Å². The lowest BCUT2D eigenvalue weighted by Crippen LogP contribution is -2.35. The highest BCUT2D eigenvalue weighted by molar-refractivity contribution is 5.71. The van der Waals surface area contributed by atoms with Crippen LogP contribution in [0.4, 0.5) is 0 Å². The van der Waals surface area contributed by atoms with E-state index in [0.717, 1.165) is 6.54 Å². The van der Waals surface area contributed by atoms with Crippen molar-refractivity contribution in [2.24, 2.45) is 0 Å². The maximum atomic E-state index is 11.4. The van der Waals surface area contributed by atoms with Crippen molar-refractivity contribution in [1.29, 1.82) is 0 Å². The van der Waals surface area contributed by atoms with Gasteiger partial charge in [0.05, 0.1) is 13.7 Å². The van der Waals surface area contributed by atoms with E-state index in [-0.39, 0.29) is 5.97 Å². The number of ether oxygens (including phenoxy) is 1. The van der Waals surface area contributed by atoms with Crippen molar-refractivity contribution in [2.45, 2.75) is 46.2 Å². The molecule has 0 aromatic heterocycles. The number of esters is 1. The van der Waals surface area contributed by atoms with Crippen LogP contribution >= 0.6 is 0 Å². The zero-order valence-electron chi connectivity index (χ0n) is 12.6. The van der Waals surface area contributed by atoms with Gasteiger partial charge in [0.15, 0.2) is 0 Å². The zero-order valence-corrected chi connectivity index (χ0v) is 12.6. The second-order valence-corrected chi connectivity index (χ2v) is 5.47. The Kier molecular flexibility index (Phi) is 6.03. The van der Waals surface area contributed by atoms with Gasteiger partial charge in [0, 0.05) is 12.6 Å². The standard InChI is InChI=1S/C16H25NO2/c1-12(2)15-8-6-14(7-9-15)10-17(13(3)4)11-16(18)19-5/h6-9,12-13H,10-11H2,1-5H3. The molecule has 0 N–H and O–H groups in total. The molecular formula is C16H25NO2. The van der Waals surface area contributed by atoms with E-state index in [9.17, 15) is 4.79 Å². The van der Waals surface area contributed by atoms with Gasteiger partial charge >= 0.3 is 5.97 Å². The van der Waals surface area contributed by atoms with Crippen LogP contribution in [-0.4, -0.2) is 30.6 Å². The van der Waals surface area contributed by atoms with Gasteiger partial charge in [-0.3, -0.25) is 9.69 Å². The second kappa shape index (κ2) is 7.29. The van der Waals surface area contributed by atoms with Crippen LogP contribution in [0.15, 0.2) is 24.3 Å². The van der Waals surface area contributed by atoms with Crippen molar-refractivity contribution < 1.29 is 9.53 Å². The van der Waals surface area contributed by atoms with E-state index < -0.39 is 0 Å². The molecule has 0 aliphatic rings. The van der Waals surface area contributed by atoms with Crippen molar-refractivity contribution in [1.82, 2.24) is 4.90 Å². The summed E-state index contributed by atoms with van der Waals surface area (Å²) < 4.78 is 4.74. The largest absolute Gasteiger partial charge is 0.468 e. The van der Waals surface area contributed by atoms with Crippen molar-refractivity contribution in [3.05, 3.63) is 35.4 Å². The summed E-state index contributed by atoms with van der Waals surface area (Å²) in [7, 11) is 1.43. The lowest BCUT2D eigenvalue weighted by Gasteiger charge is -2.25. The molecule has 3 heteroatoms. The Morgan fingerprint density at radius 3 is 2.16 bits per heavy atom. The predicted molar refractivity (Wildman–Crippen MR) is 78.1 cm³/mol. The van der Waals surface area contributed by atoms with E-state index in [1.54, 1.807) is 0 Å². The fourth-order valence-corrected chi connectivity index (χ4v) is 1.89. The van der Waals surface area contributed by atoms with Gasteiger partial charge in [0.2, 0.25) is 0 Å². The van der Waals surface area contributed by atoms with Crippen LogP contribution in [0.5, 0.6) is 0 Å². The number of nitrogens with zero attached hydrogens (tertiary/aromatic N) is 1. The van der Waals surface area contributed by atoms with Gasteiger partial charge in [-0.15, -0.1) is 0 Å². The number of hydrogen-bond donors (Lipinski definition) is 0. The lowest BCUT2D eigenvalue weighted by atomic mass is 10.0. The maximum absolute atomic E-state index is 11.4. The predicted octanol–water partition coefficient (Wildman–Crippen LogP) is 3.19. The molecule has 1 rings (SSSR count). The molecule has 1 aromatic rings. The molecule has 0 aliphatic heterocycles. The van der Waals surface area contributed by atoms with Gasteiger partial charge in [-0.05, 0) is 30.9 Å². The van der Waals surface area contributed by atoms with Crippen LogP contribution in [0, 0.1) is 0 Å². The normalized spacial score (nSPS) is 11.4. The Labute approximate surface area is 116 Å². The number of benzene rings is 1. The van der Waals surface area contributed by atoms with Crippen LogP contribution in [0.1, 0.15) is 44.7 Å². The van der Waals surface area contributed by atoms with Gasteiger partial charge in [0.1, 0.15) is 0 Å². The maximum Gasteiger partial charge on any atom is 0.319 e.